The first-order valence-electron chi connectivity index (χ1n) is 6.28. The predicted molar refractivity (Wildman–Crippen MR) is 64.1 cm³/mol. The minimum atomic E-state index is -0.677. The normalized spacial score (nSPS) is 42.6. The maximum Gasteiger partial charge on any atom is 0.278 e. The van der Waals surface area contributed by atoms with Gasteiger partial charge in [0, 0.05) is 12.3 Å². The minimum Gasteiger partial charge on any atom is -0.454 e. The molecular formula is C14H20O3. The van der Waals surface area contributed by atoms with E-state index >= 15 is 0 Å². The van der Waals surface area contributed by atoms with Crippen LogP contribution in [0.2, 0.25) is 0 Å². The topological polar surface area (TPSA) is 31.0 Å². The molecule has 2 atom stereocenters. The van der Waals surface area contributed by atoms with Gasteiger partial charge in [0.05, 0.1) is 12.4 Å². The van der Waals surface area contributed by atoms with Crippen LogP contribution in [0.5, 0.6) is 0 Å². The SMILES string of the molecule is CC1=CC=C2OC(C)(O1)C1(CCC2(C)C)CO1. The minimum absolute atomic E-state index is 0.0428. The standard InChI is InChI=1S/C14H20O3/c1-10-5-6-11-12(2,3)7-8-14(9-15-14)13(4,16-10)17-11/h5-6H,7-9H2,1-4H3. The molecule has 0 aromatic heterocycles. The summed E-state index contributed by atoms with van der Waals surface area (Å²) in [6, 6.07) is 0. The molecule has 0 N–H and O–H groups in total. The summed E-state index contributed by atoms with van der Waals surface area (Å²) in [6.45, 7) is 9.13. The fourth-order valence-corrected chi connectivity index (χ4v) is 2.71. The smallest absolute Gasteiger partial charge is 0.278 e. The van der Waals surface area contributed by atoms with E-state index in [9.17, 15) is 0 Å². The summed E-state index contributed by atoms with van der Waals surface area (Å²) < 4.78 is 17.9. The summed E-state index contributed by atoms with van der Waals surface area (Å²) in [5, 5.41) is 0. The van der Waals surface area contributed by atoms with Crippen LogP contribution < -0.4 is 0 Å². The molecule has 3 heterocycles. The average molecular weight is 236 g/mol. The van der Waals surface area contributed by atoms with Gasteiger partial charge in [0.25, 0.3) is 5.79 Å². The molecule has 2 fully saturated rings. The van der Waals surface area contributed by atoms with Crippen LogP contribution in [-0.4, -0.2) is 18.0 Å². The van der Waals surface area contributed by atoms with Gasteiger partial charge < -0.3 is 14.2 Å². The predicted octanol–water partition coefficient (Wildman–Crippen LogP) is 3.13. The fourth-order valence-electron chi connectivity index (χ4n) is 2.71. The van der Waals surface area contributed by atoms with Gasteiger partial charge >= 0.3 is 0 Å². The number of allylic oxidation sites excluding steroid dienone is 4. The summed E-state index contributed by atoms with van der Waals surface area (Å²) in [4.78, 5) is 0. The van der Waals surface area contributed by atoms with Crippen LogP contribution >= 0.6 is 0 Å². The van der Waals surface area contributed by atoms with Crippen LogP contribution in [0.1, 0.15) is 40.5 Å². The highest BCUT2D eigenvalue weighted by molar-refractivity contribution is 5.23. The molecule has 3 heteroatoms. The highest BCUT2D eigenvalue weighted by Gasteiger charge is 2.66. The van der Waals surface area contributed by atoms with Gasteiger partial charge in [0.2, 0.25) is 0 Å². The van der Waals surface area contributed by atoms with E-state index in [0.717, 1.165) is 31.0 Å². The zero-order valence-electron chi connectivity index (χ0n) is 11.0. The number of epoxide rings is 1. The van der Waals surface area contributed by atoms with Crippen molar-refractivity contribution in [2.75, 3.05) is 6.61 Å². The van der Waals surface area contributed by atoms with Crippen molar-refractivity contribution in [3.05, 3.63) is 23.7 Å². The van der Waals surface area contributed by atoms with E-state index in [0.29, 0.717) is 0 Å². The number of hydrogen-bond donors (Lipinski definition) is 0. The van der Waals surface area contributed by atoms with Crippen molar-refractivity contribution in [1.82, 2.24) is 0 Å². The third-order valence-electron chi connectivity index (χ3n) is 4.27. The second-order valence-corrected chi connectivity index (χ2v) is 6.12. The zero-order valence-corrected chi connectivity index (χ0v) is 11.0. The molecule has 3 aliphatic rings. The van der Waals surface area contributed by atoms with E-state index in [-0.39, 0.29) is 11.0 Å². The van der Waals surface area contributed by atoms with Crippen molar-refractivity contribution in [3.63, 3.8) is 0 Å². The van der Waals surface area contributed by atoms with Gasteiger partial charge in [0.15, 0.2) is 5.60 Å². The molecule has 0 radical (unpaired) electrons. The molecule has 0 amide bonds. The molecule has 2 bridgehead atoms. The van der Waals surface area contributed by atoms with Crippen molar-refractivity contribution in [2.24, 2.45) is 5.41 Å². The maximum atomic E-state index is 6.18. The van der Waals surface area contributed by atoms with Crippen molar-refractivity contribution in [1.29, 1.82) is 0 Å². The Labute approximate surface area is 102 Å². The Kier molecular flexibility index (Phi) is 2.02. The fraction of sp³-hybridized carbons (Fsp3) is 0.714. The van der Waals surface area contributed by atoms with Gasteiger partial charge in [-0.25, -0.2) is 0 Å². The lowest BCUT2D eigenvalue weighted by atomic mass is 9.82. The molecule has 0 aromatic carbocycles. The van der Waals surface area contributed by atoms with E-state index in [4.69, 9.17) is 14.2 Å². The Balaban J connectivity index is 2.09. The lowest BCUT2D eigenvalue weighted by Crippen LogP contribution is -2.46. The van der Waals surface area contributed by atoms with E-state index in [1.165, 1.54) is 0 Å². The van der Waals surface area contributed by atoms with Gasteiger partial charge in [-0.3, -0.25) is 0 Å². The number of hydrogen-bond acceptors (Lipinski definition) is 3. The van der Waals surface area contributed by atoms with Crippen LogP contribution in [0.25, 0.3) is 0 Å². The van der Waals surface area contributed by atoms with E-state index < -0.39 is 5.79 Å². The lowest BCUT2D eigenvalue weighted by Gasteiger charge is -2.35. The largest absolute Gasteiger partial charge is 0.454 e. The number of fused-ring (bicyclic) bond motifs is 3. The van der Waals surface area contributed by atoms with Crippen LogP contribution in [0.3, 0.4) is 0 Å². The van der Waals surface area contributed by atoms with Crippen molar-refractivity contribution in [2.45, 2.75) is 51.9 Å². The van der Waals surface area contributed by atoms with Crippen molar-refractivity contribution < 1.29 is 14.2 Å². The third kappa shape index (κ3) is 1.52. The first kappa shape index (κ1) is 11.1. The summed E-state index contributed by atoms with van der Waals surface area (Å²) in [5.41, 5.74) is -0.208. The van der Waals surface area contributed by atoms with Crippen LogP contribution in [0, 0.1) is 5.41 Å². The molecule has 3 rings (SSSR count). The summed E-state index contributed by atoms with van der Waals surface area (Å²) in [7, 11) is 0. The first-order chi connectivity index (χ1) is 7.87. The van der Waals surface area contributed by atoms with Crippen LogP contribution in [-0.2, 0) is 14.2 Å². The van der Waals surface area contributed by atoms with Crippen LogP contribution in [0.4, 0.5) is 0 Å². The maximum absolute atomic E-state index is 6.18. The molecule has 3 nitrogen and oxygen atoms in total. The monoisotopic (exact) mass is 236 g/mol. The Morgan fingerprint density at radius 1 is 1.06 bits per heavy atom. The Morgan fingerprint density at radius 3 is 2.41 bits per heavy atom. The molecule has 0 aliphatic carbocycles. The molecule has 2 saturated heterocycles. The van der Waals surface area contributed by atoms with E-state index in [1.807, 2.05) is 26.0 Å². The zero-order chi connectivity index (χ0) is 12.3. The van der Waals surface area contributed by atoms with Crippen LogP contribution in [0.15, 0.2) is 23.7 Å². The molecule has 0 aromatic rings. The van der Waals surface area contributed by atoms with Crippen molar-refractivity contribution >= 4 is 0 Å². The highest BCUT2D eigenvalue weighted by Crippen LogP contribution is 2.54. The second kappa shape index (κ2) is 3.08. The lowest BCUT2D eigenvalue weighted by molar-refractivity contribution is -0.217. The molecule has 3 aliphatic heterocycles. The van der Waals surface area contributed by atoms with Gasteiger partial charge in [0.1, 0.15) is 5.76 Å². The van der Waals surface area contributed by atoms with Gasteiger partial charge in [-0.2, -0.15) is 0 Å². The number of rotatable bonds is 0. The highest BCUT2D eigenvalue weighted by atomic mass is 16.7. The van der Waals surface area contributed by atoms with Gasteiger partial charge in [-0.1, -0.05) is 13.8 Å². The summed E-state index contributed by atoms with van der Waals surface area (Å²) in [6.07, 6.45) is 6.08. The Bertz CT molecular complexity index is 415. The van der Waals surface area contributed by atoms with Crippen molar-refractivity contribution in [3.8, 4) is 0 Å². The molecule has 94 valence electrons. The van der Waals surface area contributed by atoms with Gasteiger partial charge in [-0.05, 0) is 31.9 Å². The Morgan fingerprint density at radius 2 is 1.76 bits per heavy atom. The molecular weight excluding hydrogens is 216 g/mol. The first-order valence-corrected chi connectivity index (χ1v) is 6.28. The van der Waals surface area contributed by atoms with E-state index in [2.05, 4.69) is 13.8 Å². The average Bonchev–Trinajstić information content (AvgIpc) is 3.01. The molecule has 17 heavy (non-hydrogen) atoms. The molecule has 1 spiro atoms. The number of ether oxygens (including phenoxy) is 3. The quantitative estimate of drug-likeness (QED) is 0.605. The van der Waals surface area contributed by atoms with E-state index in [1.54, 1.807) is 0 Å². The third-order valence-corrected chi connectivity index (χ3v) is 4.27. The summed E-state index contributed by atoms with van der Waals surface area (Å²) >= 11 is 0. The molecule has 0 saturated carbocycles. The second-order valence-electron chi connectivity index (χ2n) is 6.12. The molecule has 2 unspecified atom stereocenters. The summed E-state index contributed by atoms with van der Waals surface area (Å²) in [5.74, 6) is 1.21. The van der Waals surface area contributed by atoms with Gasteiger partial charge in [-0.15, -0.1) is 0 Å². The Hall–Kier alpha value is -0.960.